The summed E-state index contributed by atoms with van der Waals surface area (Å²) in [5.74, 6) is 0.615. The number of rotatable bonds is 8. The third-order valence-corrected chi connectivity index (χ3v) is 9.06. The van der Waals surface area contributed by atoms with Gasteiger partial charge in [0.1, 0.15) is 5.82 Å². The molecule has 0 unspecified atom stereocenters. The summed E-state index contributed by atoms with van der Waals surface area (Å²) in [4.78, 5) is 25.0. The fourth-order valence-electron chi connectivity index (χ4n) is 6.62. The average Bonchev–Trinajstić information content (AvgIpc) is 2.81. The van der Waals surface area contributed by atoms with Crippen molar-refractivity contribution in [3.05, 3.63) is 59.9 Å². The van der Waals surface area contributed by atoms with Crippen LogP contribution in [0, 0.1) is 29.0 Å². The van der Waals surface area contributed by atoms with Gasteiger partial charge < -0.3 is 10.1 Å². The largest absolute Gasteiger partial charge is 0.452 e. The van der Waals surface area contributed by atoms with Crippen molar-refractivity contribution < 1.29 is 27.1 Å². The number of ether oxygens (including phenoxy) is 1. The van der Waals surface area contributed by atoms with E-state index in [9.17, 15) is 22.4 Å². The molecule has 2 aromatic rings. The van der Waals surface area contributed by atoms with Crippen molar-refractivity contribution in [1.82, 2.24) is 5.32 Å². The minimum Gasteiger partial charge on any atom is -0.452 e. The van der Waals surface area contributed by atoms with E-state index in [1.54, 1.807) is 12.1 Å². The van der Waals surface area contributed by atoms with Gasteiger partial charge in [0.25, 0.3) is 15.9 Å². The lowest BCUT2D eigenvalue weighted by Gasteiger charge is -2.56. The van der Waals surface area contributed by atoms with Crippen LogP contribution in [0.1, 0.15) is 48.9 Å². The van der Waals surface area contributed by atoms with Crippen LogP contribution in [-0.2, 0) is 19.6 Å². The van der Waals surface area contributed by atoms with Gasteiger partial charge in [0, 0.05) is 6.54 Å². The molecule has 9 heteroatoms. The quantitative estimate of drug-likeness (QED) is 0.531. The summed E-state index contributed by atoms with van der Waals surface area (Å²) in [6.45, 7) is 0.172. The SMILES string of the molecule is O=C(COC(=O)c1ccccc1NS(=O)(=O)c1ccc(F)cc1)NCC12CC3CC(CC(C3)C1)C2. The Morgan fingerprint density at radius 3 is 2.17 bits per heavy atom. The molecule has 2 N–H and O–H groups in total. The number of amides is 1. The summed E-state index contributed by atoms with van der Waals surface area (Å²) < 4.78 is 46.0. The number of anilines is 1. The normalized spacial score (nSPS) is 26.8. The average molecular weight is 501 g/mol. The molecule has 7 nitrogen and oxygen atoms in total. The Bertz CT molecular complexity index is 1190. The minimum atomic E-state index is -4.05. The van der Waals surface area contributed by atoms with Crippen LogP contribution in [0.2, 0.25) is 0 Å². The first-order valence-electron chi connectivity index (χ1n) is 12.0. The number of carbonyl (C=O) groups excluding carboxylic acids is 2. The lowest BCUT2D eigenvalue weighted by molar-refractivity contribution is -0.126. The monoisotopic (exact) mass is 500 g/mol. The number of nitrogens with one attached hydrogen (secondary N) is 2. The zero-order valence-corrected chi connectivity index (χ0v) is 20.2. The highest BCUT2D eigenvalue weighted by Gasteiger charge is 2.50. The first-order chi connectivity index (χ1) is 16.7. The Hall–Kier alpha value is -2.94. The third kappa shape index (κ3) is 5.19. The number of esters is 1. The Morgan fingerprint density at radius 2 is 1.54 bits per heavy atom. The lowest BCUT2D eigenvalue weighted by atomic mass is 9.49. The Kier molecular flexibility index (Phi) is 6.29. The zero-order chi connectivity index (χ0) is 24.6. The molecule has 0 atom stereocenters. The van der Waals surface area contributed by atoms with Gasteiger partial charge in [-0.05, 0) is 98.1 Å². The van der Waals surface area contributed by atoms with E-state index >= 15 is 0 Å². The molecule has 35 heavy (non-hydrogen) atoms. The number of sulfonamides is 1. The Labute approximate surface area is 204 Å². The molecule has 4 aliphatic carbocycles. The molecule has 0 heterocycles. The fourth-order valence-corrected chi connectivity index (χ4v) is 7.70. The number of carbonyl (C=O) groups is 2. The van der Waals surface area contributed by atoms with Crippen molar-refractivity contribution in [1.29, 1.82) is 0 Å². The van der Waals surface area contributed by atoms with Crippen LogP contribution in [0.4, 0.5) is 10.1 Å². The van der Waals surface area contributed by atoms with E-state index < -0.39 is 28.4 Å². The van der Waals surface area contributed by atoms with Gasteiger partial charge in [0.2, 0.25) is 0 Å². The fraction of sp³-hybridized carbons (Fsp3) is 0.462. The summed E-state index contributed by atoms with van der Waals surface area (Å²) in [5, 5.41) is 2.97. The second-order valence-electron chi connectivity index (χ2n) is 10.4. The molecule has 186 valence electrons. The van der Waals surface area contributed by atoms with E-state index in [0.717, 1.165) is 42.0 Å². The predicted octanol–water partition coefficient (Wildman–Crippen LogP) is 4.12. The molecule has 0 saturated heterocycles. The van der Waals surface area contributed by atoms with Crippen molar-refractivity contribution in [2.45, 2.75) is 43.4 Å². The molecule has 0 aliphatic heterocycles. The molecule has 0 spiro atoms. The number of hydrogen-bond donors (Lipinski definition) is 2. The van der Waals surface area contributed by atoms with E-state index in [2.05, 4.69) is 10.0 Å². The number of hydrogen-bond acceptors (Lipinski definition) is 5. The van der Waals surface area contributed by atoms with Crippen LogP contribution in [0.25, 0.3) is 0 Å². The van der Waals surface area contributed by atoms with Gasteiger partial charge in [0.05, 0.1) is 16.1 Å². The van der Waals surface area contributed by atoms with Gasteiger partial charge in [-0.2, -0.15) is 0 Å². The van der Waals surface area contributed by atoms with Gasteiger partial charge in [-0.1, -0.05) is 12.1 Å². The molecule has 2 aromatic carbocycles. The van der Waals surface area contributed by atoms with Crippen LogP contribution in [-0.4, -0.2) is 33.4 Å². The van der Waals surface area contributed by atoms with Crippen molar-refractivity contribution in [3.8, 4) is 0 Å². The second-order valence-corrected chi connectivity index (χ2v) is 12.1. The highest BCUT2D eigenvalue weighted by atomic mass is 32.2. The van der Waals surface area contributed by atoms with Crippen molar-refractivity contribution in [3.63, 3.8) is 0 Å². The van der Waals surface area contributed by atoms with Crippen molar-refractivity contribution >= 4 is 27.6 Å². The summed E-state index contributed by atoms with van der Waals surface area (Å²) >= 11 is 0. The first kappa shape index (κ1) is 23.8. The topological polar surface area (TPSA) is 102 Å². The third-order valence-electron chi connectivity index (χ3n) is 7.68. The first-order valence-corrected chi connectivity index (χ1v) is 13.5. The molecular weight excluding hydrogens is 471 g/mol. The molecule has 4 fully saturated rings. The summed E-state index contributed by atoms with van der Waals surface area (Å²) in [7, 11) is -4.05. The Morgan fingerprint density at radius 1 is 0.943 bits per heavy atom. The predicted molar refractivity (Wildman–Crippen MR) is 128 cm³/mol. The molecule has 1 amide bonds. The van der Waals surface area contributed by atoms with Crippen molar-refractivity contribution in [2.24, 2.45) is 23.2 Å². The van der Waals surface area contributed by atoms with E-state index in [0.29, 0.717) is 6.54 Å². The number of halogens is 1. The van der Waals surface area contributed by atoms with E-state index in [4.69, 9.17) is 4.74 Å². The standard InChI is InChI=1S/C26H29FN2O5S/c27-20-5-7-21(8-6-20)35(32,33)29-23-4-2-1-3-22(23)25(31)34-15-24(30)28-16-26-12-17-9-18(13-26)11-19(10-17)14-26/h1-8,17-19,29H,9-16H2,(H,28,30). The zero-order valence-electron chi connectivity index (χ0n) is 19.3. The highest BCUT2D eigenvalue weighted by Crippen LogP contribution is 2.59. The number of benzene rings is 2. The van der Waals surface area contributed by atoms with Gasteiger partial charge in [0.15, 0.2) is 6.61 Å². The van der Waals surface area contributed by atoms with Crippen LogP contribution in [0.5, 0.6) is 0 Å². The van der Waals surface area contributed by atoms with Crippen LogP contribution in [0.3, 0.4) is 0 Å². The maximum absolute atomic E-state index is 13.2. The molecule has 0 radical (unpaired) electrons. The molecular formula is C26H29FN2O5S. The maximum Gasteiger partial charge on any atom is 0.340 e. The van der Waals surface area contributed by atoms with Gasteiger partial charge in [-0.25, -0.2) is 17.6 Å². The molecule has 4 bridgehead atoms. The second kappa shape index (κ2) is 9.26. The summed E-state index contributed by atoms with van der Waals surface area (Å²) in [6, 6.07) is 10.3. The molecule has 6 rings (SSSR count). The van der Waals surface area contributed by atoms with Gasteiger partial charge in [-0.3, -0.25) is 9.52 Å². The maximum atomic E-state index is 13.2. The van der Waals surface area contributed by atoms with E-state index in [1.165, 1.54) is 50.7 Å². The smallest absolute Gasteiger partial charge is 0.340 e. The minimum absolute atomic E-state index is 0.0100. The molecule has 4 aliphatic rings. The van der Waals surface area contributed by atoms with Crippen LogP contribution in [0.15, 0.2) is 53.4 Å². The Balaban J connectivity index is 1.18. The lowest BCUT2D eigenvalue weighted by Crippen LogP contribution is -2.51. The van der Waals surface area contributed by atoms with Crippen LogP contribution >= 0.6 is 0 Å². The summed E-state index contributed by atoms with van der Waals surface area (Å²) in [6.07, 6.45) is 7.49. The van der Waals surface area contributed by atoms with E-state index in [1.807, 2.05) is 0 Å². The van der Waals surface area contributed by atoms with E-state index in [-0.39, 0.29) is 27.5 Å². The molecule has 4 saturated carbocycles. The van der Waals surface area contributed by atoms with Gasteiger partial charge >= 0.3 is 5.97 Å². The molecule has 0 aromatic heterocycles. The van der Waals surface area contributed by atoms with Crippen molar-refractivity contribution in [2.75, 3.05) is 17.9 Å². The highest BCUT2D eigenvalue weighted by molar-refractivity contribution is 7.92. The number of para-hydroxylation sites is 1. The summed E-state index contributed by atoms with van der Waals surface area (Å²) in [5.41, 5.74) is 0.169. The van der Waals surface area contributed by atoms with Gasteiger partial charge in [-0.15, -0.1) is 0 Å². The van der Waals surface area contributed by atoms with Crippen LogP contribution < -0.4 is 10.0 Å².